The highest BCUT2D eigenvalue weighted by Crippen LogP contribution is 2.26. The van der Waals surface area contributed by atoms with E-state index in [2.05, 4.69) is 17.4 Å². The van der Waals surface area contributed by atoms with E-state index in [1.165, 1.54) is 17.0 Å². The third-order valence-electron chi connectivity index (χ3n) is 4.98. The number of carbonyl (C=O) groups is 1. The highest BCUT2D eigenvalue weighted by molar-refractivity contribution is 7.98. The molecule has 4 nitrogen and oxygen atoms in total. The van der Waals surface area contributed by atoms with Gasteiger partial charge >= 0.3 is 0 Å². The number of thioether (sulfide) groups is 1. The minimum atomic E-state index is -0.283. The first-order chi connectivity index (χ1) is 14.6. The van der Waals surface area contributed by atoms with E-state index in [1.807, 2.05) is 47.2 Å². The molecule has 6 heteroatoms. The van der Waals surface area contributed by atoms with Crippen molar-refractivity contribution in [1.29, 1.82) is 0 Å². The zero-order valence-corrected chi connectivity index (χ0v) is 17.5. The fourth-order valence-electron chi connectivity index (χ4n) is 3.39. The number of imidazole rings is 1. The maximum Gasteiger partial charge on any atom is 0.220 e. The number of aromatic nitrogens is 2. The van der Waals surface area contributed by atoms with Crippen molar-refractivity contribution in [1.82, 2.24) is 14.7 Å². The Morgan fingerprint density at radius 2 is 1.83 bits per heavy atom. The second-order valence-corrected chi connectivity index (χ2v) is 7.85. The van der Waals surface area contributed by atoms with Gasteiger partial charge in [0.1, 0.15) is 11.5 Å². The molecule has 2 aromatic heterocycles. The van der Waals surface area contributed by atoms with E-state index in [0.717, 1.165) is 28.2 Å². The summed E-state index contributed by atoms with van der Waals surface area (Å²) in [4.78, 5) is 18.4. The summed E-state index contributed by atoms with van der Waals surface area (Å²) in [5.74, 6) is -0.297. The Labute approximate surface area is 179 Å². The lowest BCUT2D eigenvalue weighted by molar-refractivity contribution is -0.121. The van der Waals surface area contributed by atoms with Crippen LogP contribution in [0.25, 0.3) is 16.9 Å². The number of hydrogen-bond donors (Lipinski definition) is 1. The molecule has 2 heterocycles. The van der Waals surface area contributed by atoms with Crippen LogP contribution in [0.5, 0.6) is 0 Å². The number of nitrogens with one attached hydrogen (secondary N) is 1. The molecule has 0 aliphatic heterocycles. The van der Waals surface area contributed by atoms with Gasteiger partial charge in [0, 0.05) is 29.6 Å². The van der Waals surface area contributed by atoms with Crippen molar-refractivity contribution >= 4 is 23.3 Å². The topological polar surface area (TPSA) is 46.4 Å². The quantitative estimate of drug-likeness (QED) is 0.424. The number of rotatable bonds is 7. The van der Waals surface area contributed by atoms with Gasteiger partial charge in [-0.3, -0.25) is 4.79 Å². The summed E-state index contributed by atoms with van der Waals surface area (Å²) in [6.07, 6.45) is 4.86. The van der Waals surface area contributed by atoms with Crippen molar-refractivity contribution in [2.24, 2.45) is 0 Å². The molecule has 4 aromatic rings. The summed E-state index contributed by atoms with van der Waals surface area (Å²) in [6.45, 7) is 0.505. The first-order valence-electron chi connectivity index (χ1n) is 9.75. The third-order valence-corrected chi connectivity index (χ3v) is 5.73. The maximum atomic E-state index is 13.3. The van der Waals surface area contributed by atoms with E-state index in [1.54, 1.807) is 23.9 Å². The Bertz CT molecular complexity index is 1150. The number of amides is 1. The molecule has 0 saturated heterocycles. The third kappa shape index (κ3) is 4.54. The average molecular weight is 420 g/mol. The Balaban J connectivity index is 1.48. The molecule has 0 unspecified atom stereocenters. The van der Waals surface area contributed by atoms with Crippen LogP contribution in [0.4, 0.5) is 4.39 Å². The molecule has 0 atom stereocenters. The van der Waals surface area contributed by atoms with Gasteiger partial charge in [-0.2, -0.15) is 0 Å². The molecule has 0 fully saturated rings. The van der Waals surface area contributed by atoms with Crippen molar-refractivity contribution in [3.8, 4) is 11.3 Å². The molecule has 2 aromatic carbocycles. The standard InChI is InChI=1S/C24H22FN3OS/c1-30-20-11-5-17(6-12-20)16-26-23(29)14-13-21-24(18-7-9-19(25)10-8-18)27-22-4-2-3-15-28(21)22/h2-12,15H,13-14,16H2,1H3,(H,26,29). The van der Waals surface area contributed by atoms with Crippen LogP contribution in [0.2, 0.25) is 0 Å². The molecule has 0 aliphatic rings. The summed E-state index contributed by atoms with van der Waals surface area (Å²) < 4.78 is 15.3. The van der Waals surface area contributed by atoms with E-state index >= 15 is 0 Å². The van der Waals surface area contributed by atoms with Gasteiger partial charge in [0.2, 0.25) is 5.91 Å². The largest absolute Gasteiger partial charge is 0.352 e. The summed E-state index contributed by atoms with van der Waals surface area (Å²) >= 11 is 1.69. The Hall–Kier alpha value is -3.12. The SMILES string of the molecule is CSc1ccc(CNC(=O)CCc2c(-c3ccc(F)cc3)nc3ccccn23)cc1. The van der Waals surface area contributed by atoms with Crippen LogP contribution < -0.4 is 5.32 Å². The summed E-state index contributed by atoms with van der Waals surface area (Å²) in [7, 11) is 0. The highest BCUT2D eigenvalue weighted by Gasteiger charge is 2.15. The number of carbonyl (C=O) groups excluding carboxylic acids is 1. The van der Waals surface area contributed by atoms with E-state index in [4.69, 9.17) is 4.98 Å². The zero-order chi connectivity index (χ0) is 20.9. The molecule has 1 amide bonds. The normalized spacial score (nSPS) is 11.0. The van der Waals surface area contributed by atoms with Gasteiger partial charge in [-0.15, -0.1) is 11.8 Å². The first-order valence-corrected chi connectivity index (χ1v) is 11.0. The van der Waals surface area contributed by atoms with E-state index in [-0.39, 0.29) is 11.7 Å². The second kappa shape index (κ2) is 9.13. The molecule has 4 rings (SSSR count). The Morgan fingerprint density at radius 1 is 1.07 bits per heavy atom. The van der Waals surface area contributed by atoms with Crippen LogP contribution >= 0.6 is 11.8 Å². The molecule has 152 valence electrons. The van der Waals surface area contributed by atoms with Crippen molar-refractivity contribution in [3.05, 3.63) is 90.0 Å². The fraction of sp³-hybridized carbons (Fsp3) is 0.167. The van der Waals surface area contributed by atoms with E-state index < -0.39 is 0 Å². The number of aryl methyl sites for hydroxylation is 1. The lowest BCUT2D eigenvalue weighted by Crippen LogP contribution is -2.23. The fourth-order valence-corrected chi connectivity index (χ4v) is 3.80. The van der Waals surface area contributed by atoms with E-state index in [0.29, 0.717) is 19.4 Å². The number of halogens is 1. The van der Waals surface area contributed by atoms with Gasteiger partial charge in [0.15, 0.2) is 0 Å². The lowest BCUT2D eigenvalue weighted by atomic mass is 10.1. The van der Waals surface area contributed by atoms with Crippen LogP contribution in [-0.4, -0.2) is 21.5 Å². The predicted octanol–water partition coefficient (Wildman–Crippen LogP) is 5.11. The summed E-state index contributed by atoms with van der Waals surface area (Å²) in [5, 5.41) is 2.99. The van der Waals surface area contributed by atoms with E-state index in [9.17, 15) is 9.18 Å². The molecule has 0 bridgehead atoms. The van der Waals surface area contributed by atoms with Crippen molar-refractivity contribution in [2.75, 3.05) is 6.26 Å². The average Bonchev–Trinajstić information content (AvgIpc) is 3.15. The Morgan fingerprint density at radius 3 is 2.57 bits per heavy atom. The number of pyridine rings is 1. The number of hydrogen-bond acceptors (Lipinski definition) is 3. The zero-order valence-electron chi connectivity index (χ0n) is 16.6. The predicted molar refractivity (Wildman–Crippen MR) is 119 cm³/mol. The summed E-state index contributed by atoms with van der Waals surface area (Å²) in [5.41, 5.74) is 4.44. The monoisotopic (exact) mass is 419 g/mol. The molecule has 0 spiro atoms. The summed E-state index contributed by atoms with van der Waals surface area (Å²) in [6, 6.07) is 20.3. The van der Waals surface area contributed by atoms with Crippen LogP contribution in [0, 0.1) is 5.82 Å². The number of benzene rings is 2. The first kappa shape index (κ1) is 20.2. The molecule has 0 radical (unpaired) electrons. The lowest BCUT2D eigenvalue weighted by Gasteiger charge is -2.08. The van der Waals surface area contributed by atoms with Gasteiger partial charge in [-0.05, 0) is 66.8 Å². The number of fused-ring (bicyclic) bond motifs is 1. The maximum absolute atomic E-state index is 13.3. The second-order valence-electron chi connectivity index (χ2n) is 6.97. The minimum Gasteiger partial charge on any atom is -0.352 e. The smallest absolute Gasteiger partial charge is 0.220 e. The molecule has 0 saturated carbocycles. The van der Waals surface area contributed by atoms with Crippen molar-refractivity contribution in [2.45, 2.75) is 24.3 Å². The Kier molecular flexibility index (Phi) is 6.14. The number of nitrogens with zero attached hydrogens (tertiary/aromatic N) is 2. The van der Waals surface area contributed by atoms with Crippen LogP contribution in [0.3, 0.4) is 0 Å². The highest BCUT2D eigenvalue weighted by atomic mass is 32.2. The molecular weight excluding hydrogens is 397 g/mol. The van der Waals surface area contributed by atoms with Gasteiger partial charge in [0.25, 0.3) is 0 Å². The van der Waals surface area contributed by atoms with Gasteiger partial charge in [-0.1, -0.05) is 18.2 Å². The molecule has 1 N–H and O–H groups in total. The molecule has 30 heavy (non-hydrogen) atoms. The van der Waals surface area contributed by atoms with Gasteiger partial charge in [0.05, 0.1) is 11.4 Å². The van der Waals surface area contributed by atoms with Gasteiger partial charge < -0.3 is 9.72 Å². The van der Waals surface area contributed by atoms with Crippen LogP contribution in [-0.2, 0) is 17.8 Å². The van der Waals surface area contributed by atoms with Crippen LogP contribution in [0.15, 0.2) is 77.8 Å². The molecule has 0 aliphatic carbocycles. The van der Waals surface area contributed by atoms with Gasteiger partial charge in [-0.25, -0.2) is 9.37 Å². The van der Waals surface area contributed by atoms with Crippen molar-refractivity contribution < 1.29 is 9.18 Å². The minimum absolute atomic E-state index is 0.0140. The van der Waals surface area contributed by atoms with Crippen molar-refractivity contribution in [3.63, 3.8) is 0 Å². The molecular formula is C24H22FN3OS. The van der Waals surface area contributed by atoms with Crippen LogP contribution in [0.1, 0.15) is 17.7 Å².